The van der Waals surface area contributed by atoms with E-state index in [0.29, 0.717) is 6.42 Å². The summed E-state index contributed by atoms with van der Waals surface area (Å²) in [5.41, 5.74) is 0.910. The highest BCUT2D eigenvalue weighted by molar-refractivity contribution is 5.73. The van der Waals surface area contributed by atoms with Crippen molar-refractivity contribution in [2.24, 2.45) is 5.92 Å². The molecule has 2 heterocycles. The van der Waals surface area contributed by atoms with E-state index in [-0.39, 0.29) is 0 Å². The van der Waals surface area contributed by atoms with Gasteiger partial charge in [-0.2, -0.15) is 0 Å². The molecule has 2 aliphatic rings. The molecule has 1 saturated heterocycles. The lowest BCUT2D eigenvalue weighted by Crippen LogP contribution is -2.40. The Kier molecular flexibility index (Phi) is 5.70. The van der Waals surface area contributed by atoms with E-state index in [1.807, 2.05) is 6.33 Å². The van der Waals surface area contributed by atoms with Crippen molar-refractivity contribution in [3.05, 3.63) is 18.2 Å². The Balaban J connectivity index is 1.52. The van der Waals surface area contributed by atoms with Gasteiger partial charge in [0.1, 0.15) is 6.04 Å². The maximum Gasteiger partial charge on any atom is 0.321 e. The third-order valence-electron chi connectivity index (χ3n) is 5.48. The summed E-state index contributed by atoms with van der Waals surface area (Å²) in [6.07, 6.45) is 14.8. The molecule has 1 aromatic heterocycles. The van der Waals surface area contributed by atoms with E-state index in [0.717, 1.165) is 44.1 Å². The zero-order chi connectivity index (χ0) is 16.1. The van der Waals surface area contributed by atoms with Gasteiger partial charge in [0.2, 0.25) is 0 Å². The molecule has 0 unspecified atom stereocenters. The molecular weight excluding hydrogens is 290 g/mol. The summed E-state index contributed by atoms with van der Waals surface area (Å²) < 4.78 is 2.15. The van der Waals surface area contributed by atoms with Crippen molar-refractivity contribution >= 4 is 5.97 Å². The highest BCUT2D eigenvalue weighted by Gasteiger charge is 2.28. The maximum absolute atomic E-state index is 11.6. The third kappa shape index (κ3) is 4.56. The smallest absolute Gasteiger partial charge is 0.321 e. The van der Waals surface area contributed by atoms with E-state index < -0.39 is 12.0 Å². The monoisotopic (exact) mass is 319 g/mol. The van der Waals surface area contributed by atoms with Crippen molar-refractivity contribution in [1.29, 1.82) is 0 Å². The quantitative estimate of drug-likeness (QED) is 0.839. The Morgan fingerprint density at radius 3 is 2.65 bits per heavy atom. The lowest BCUT2D eigenvalue weighted by molar-refractivity contribution is -0.142. The number of carbonyl (C=O) groups is 1. The maximum atomic E-state index is 11.6. The van der Waals surface area contributed by atoms with Crippen LogP contribution in [0, 0.1) is 5.92 Å². The van der Waals surface area contributed by atoms with E-state index in [9.17, 15) is 9.90 Å². The van der Waals surface area contributed by atoms with E-state index in [2.05, 4.69) is 20.6 Å². The average Bonchev–Trinajstić information content (AvgIpc) is 3.23. The molecule has 1 aliphatic heterocycles. The van der Waals surface area contributed by atoms with Gasteiger partial charge in [-0.25, -0.2) is 4.98 Å². The number of hydrogen-bond acceptors (Lipinski definition) is 3. The van der Waals surface area contributed by atoms with E-state index in [1.165, 1.54) is 38.5 Å². The first-order valence-electron chi connectivity index (χ1n) is 9.20. The summed E-state index contributed by atoms with van der Waals surface area (Å²) in [6, 6.07) is -0.417. The van der Waals surface area contributed by atoms with Crippen LogP contribution in [0.5, 0.6) is 0 Å². The van der Waals surface area contributed by atoms with Crippen LogP contribution in [-0.2, 0) is 17.8 Å². The SMILES string of the molecule is O=C(O)[C@H](Cc1cn(CCC2CCCCC2)cn1)N1CCCC1. The Labute approximate surface area is 138 Å². The number of aromatic nitrogens is 2. The fourth-order valence-corrected chi connectivity index (χ4v) is 4.07. The molecule has 1 saturated carbocycles. The van der Waals surface area contributed by atoms with Gasteiger partial charge in [0.15, 0.2) is 0 Å². The van der Waals surface area contributed by atoms with Crippen LogP contribution in [0.4, 0.5) is 0 Å². The molecule has 0 aromatic carbocycles. The van der Waals surface area contributed by atoms with Gasteiger partial charge in [-0.3, -0.25) is 9.69 Å². The number of nitrogens with zero attached hydrogens (tertiary/aromatic N) is 3. The third-order valence-corrected chi connectivity index (χ3v) is 5.48. The topological polar surface area (TPSA) is 58.4 Å². The molecule has 0 spiro atoms. The zero-order valence-electron chi connectivity index (χ0n) is 14.0. The highest BCUT2D eigenvalue weighted by atomic mass is 16.4. The van der Waals surface area contributed by atoms with Crippen molar-refractivity contribution in [1.82, 2.24) is 14.5 Å². The van der Waals surface area contributed by atoms with Gasteiger partial charge in [0.25, 0.3) is 0 Å². The van der Waals surface area contributed by atoms with Crippen LogP contribution in [0.15, 0.2) is 12.5 Å². The minimum Gasteiger partial charge on any atom is -0.480 e. The number of hydrogen-bond donors (Lipinski definition) is 1. The van der Waals surface area contributed by atoms with Crippen molar-refractivity contribution in [3.8, 4) is 0 Å². The van der Waals surface area contributed by atoms with Crippen molar-refractivity contribution in [2.75, 3.05) is 13.1 Å². The van der Waals surface area contributed by atoms with E-state index >= 15 is 0 Å². The number of aliphatic carboxylic acids is 1. The fourth-order valence-electron chi connectivity index (χ4n) is 4.07. The van der Waals surface area contributed by atoms with Crippen LogP contribution in [0.2, 0.25) is 0 Å². The molecule has 3 rings (SSSR count). The zero-order valence-corrected chi connectivity index (χ0v) is 14.0. The first kappa shape index (κ1) is 16.5. The van der Waals surface area contributed by atoms with Crippen molar-refractivity contribution < 1.29 is 9.90 Å². The standard InChI is InChI=1S/C18H29N3O2/c22-18(23)17(21-9-4-5-10-21)12-16-13-20(14-19-16)11-8-15-6-2-1-3-7-15/h13-15,17H,1-12H2,(H,22,23)/t17-/m0/s1. The van der Waals surface area contributed by atoms with Crippen LogP contribution in [0.25, 0.3) is 0 Å². The molecular formula is C18H29N3O2. The van der Waals surface area contributed by atoms with Crippen LogP contribution in [-0.4, -0.2) is 44.7 Å². The molecule has 1 atom stereocenters. The number of carboxylic acid groups (broad SMARTS) is 1. The van der Waals surface area contributed by atoms with Crippen LogP contribution < -0.4 is 0 Å². The summed E-state index contributed by atoms with van der Waals surface area (Å²) >= 11 is 0. The molecule has 0 radical (unpaired) electrons. The Morgan fingerprint density at radius 1 is 1.22 bits per heavy atom. The molecule has 5 nitrogen and oxygen atoms in total. The molecule has 0 amide bonds. The normalized spacial score (nSPS) is 21.6. The van der Waals surface area contributed by atoms with E-state index in [1.54, 1.807) is 0 Å². The van der Waals surface area contributed by atoms with Gasteiger partial charge in [0.05, 0.1) is 12.0 Å². The molecule has 128 valence electrons. The first-order valence-corrected chi connectivity index (χ1v) is 9.20. The van der Waals surface area contributed by atoms with Crippen LogP contribution >= 0.6 is 0 Å². The van der Waals surface area contributed by atoms with Gasteiger partial charge >= 0.3 is 5.97 Å². The largest absolute Gasteiger partial charge is 0.480 e. The second kappa shape index (κ2) is 7.95. The van der Waals surface area contributed by atoms with Gasteiger partial charge in [0, 0.05) is 19.2 Å². The second-order valence-electron chi connectivity index (χ2n) is 7.20. The molecule has 5 heteroatoms. The van der Waals surface area contributed by atoms with E-state index in [4.69, 9.17) is 0 Å². The molecule has 1 aliphatic carbocycles. The van der Waals surface area contributed by atoms with Crippen molar-refractivity contribution in [3.63, 3.8) is 0 Å². The molecule has 0 bridgehead atoms. The number of carboxylic acids is 1. The van der Waals surface area contributed by atoms with Crippen LogP contribution in [0.1, 0.15) is 57.1 Å². The average molecular weight is 319 g/mol. The number of likely N-dealkylation sites (tertiary alicyclic amines) is 1. The highest BCUT2D eigenvalue weighted by Crippen LogP contribution is 2.26. The number of aryl methyl sites for hydroxylation is 1. The van der Waals surface area contributed by atoms with Gasteiger partial charge in [-0.05, 0) is 38.3 Å². The van der Waals surface area contributed by atoms with Crippen LogP contribution in [0.3, 0.4) is 0 Å². The summed E-state index contributed by atoms with van der Waals surface area (Å²) in [6.45, 7) is 2.82. The number of rotatable bonds is 7. The predicted octanol–water partition coefficient (Wildman–Crippen LogP) is 2.95. The predicted molar refractivity (Wildman–Crippen MR) is 89.4 cm³/mol. The summed E-state index contributed by atoms with van der Waals surface area (Å²) in [5, 5.41) is 9.50. The Morgan fingerprint density at radius 2 is 1.96 bits per heavy atom. The lowest BCUT2D eigenvalue weighted by Gasteiger charge is -2.22. The van der Waals surface area contributed by atoms with Gasteiger partial charge in [-0.1, -0.05) is 32.1 Å². The first-order chi connectivity index (χ1) is 11.2. The van der Waals surface area contributed by atoms with Gasteiger partial charge in [-0.15, -0.1) is 0 Å². The summed E-state index contributed by atoms with van der Waals surface area (Å²) in [5.74, 6) is 0.148. The Bertz CT molecular complexity index is 502. The number of imidazole rings is 1. The minimum absolute atomic E-state index is 0.417. The van der Waals surface area contributed by atoms with Gasteiger partial charge < -0.3 is 9.67 Å². The van der Waals surface area contributed by atoms with Crippen molar-refractivity contribution in [2.45, 2.75) is 70.4 Å². The molecule has 1 aromatic rings. The fraction of sp³-hybridized carbons (Fsp3) is 0.778. The lowest BCUT2D eigenvalue weighted by atomic mass is 9.87. The molecule has 1 N–H and O–H groups in total. The Hall–Kier alpha value is -1.36. The molecule has 2 fully saturated rings. The summed E-state index contributed by atoms with van der Waals surface area (Å²) in [7, 11) is 0. The summed E-state index contributed by atoms with van der Waals surface area (Å²) in [4.78, 5) is 18.1. The molecule has 23 heavy (non-hydrogen) atoms. The minimum atomic E-state index is -0.719. The second-order valence-corrected chi connectivity index (χ2v) is 7.20.